The number of aliphatic imine (C=N–C) groups is 1. The average molecular weight is 227 g/mol. The van der Waals surface area contributed by atoms with Crippen LogP contribution in [0.3, 0.4) is 0 Å². The van der Waals surface area contributed by atoms with Crippen molar-refractivity contribution < 1.29 is 0 Å². The number of hydrogen-bond donors (Lipinski definition) is 1. The van der Waals surface area contributed by atoms with Crippen molar-refractivity contribution in [2.45, 2.75) is 59.9 Å². The molecule has 1 unspecified atom stereocenters. The molecule has 1 atom stereocenters. The van der Waals surface area contributed by atoms with Crippen LogP contribution in [0.25, 0.3) is 0 Å². The maximum atomic E-state index is 6.06. The molecule has 0 saturated heterocycles. The Morgan fingerprint density at radius 1 is 1.25 bits per heavy atom. The lowest BCUT2D eigenvalue weighted by Gasteiger charge is -2.29. The molecule has 0 aliphatic carbocycles. The Morgan fingerprint density at radius 2 is 1.88 bits per heavy atom. The van der Waals surface area contributed by atoms with Crippen molar-refractivity contribution in [3.05, 3.63) is 0 Å². The maximum Gasteiger partial charge on any atom is 0.191 e. The van der Waals surface area contributed by atoms with Crippen LogP contribution in [0.15, 0.2) is 4.99 Å². The van der Waals surface area contributed by atoms with Crippen LogP contribution < -0.4 is 5.73 Å². The minimum atomic E-state index is 0.488. The smallest absolute Gasteiger partial charge is 0.191 e. The molecule has 3 nitrogen and oxygen atoms in total. The molecule has 0 aromatic rings. The van der Waals surface area contributed by atoms with Gasteiger partial charge in [-0.25, -0.2) is 0 Å². The van der Waals surface area contributed by atoms with Gasteiger partial charge in [-0.3, -0.25) is 4.99 Å². The molecule has 0 rings (SSSR count). The van der Waals surface area contributed by atoms with Crippen LogP contribution in [0.2, 0.25) is 0 Å². The number of hydrogen-bond acceptors (Lipinski definition) is 1. The third-order valence-electron chi connectivity index (χ3n) is 2.79. The van der Waals surface area contributed by atoms with Gasteiger partial charge in [0.05, 0.1) is 0 Å². The van der Waals surface area contributed by atoms with E-state index in [9.17, 15) is 0 Å². The van der Waals surface area contributed by atoms with E-state index in [1.807, 2.05) is 0 Å². The van der Waals surface area contributed by atoms with Crippen LogP contribution in [0.1, 0.15) is 53.9 Å². The highest BCUT2D eigenvalue weighted by atomic mass is 15.3. The van der Waals surface area contributed by atoms with E-state index in [1.54, 1.807) is 0 Å². The van der Waals surface area contributed by atoms with Gasteiger partial charge in [0, 0.05) is 19.1 Å². The van der Waals surface area contributed by atoms with Gasteiger partial charge >= 0.3 is 0 Å². The van der Waals surface area contributed by atoms with E-state index < -0.39 is 0 Å². The standard InChI is InChI=1S/C13H29N3/c1-6-8-9-16(12(5)7-2)13(14)15-10-11(3)4/h11-12H,6-10H2,1-5H3,(H2,14,15). The molecule has 0 radical (unpaired) electrons. The normalized spacial score (nSPS) is 14.2. The summed E-state index contributed by atoms with van der Waals surface area (Å²) in [5.41, 5.74) is 6.06. The highest BCUT2D eigenvalue weighted by molar-refractivity contribution is 5.78. The fourth-order valence-electron chi connectivity index (χ4n) is 1.48. The summed E-state index contributed by atoms with van der Waals surface area (Å²) in [4.78, 5) is 6.71. The Kier molecular flexibility index (Phi) is 8.04. The highest BCUT2D eigenvalue weighted by Gasteiger charge is 2.13. The number of unbranched alkanes of at least 4 members (excludes halogenated alkanes) is 1. The number of guanidine groups is 1. The van der Waals surface area contributed by atoms with Gasteiger partial charge in [-0.05, 0) is 25.7 Å². The van der Waals surface area contributed by atoms with Crippen molar-refractivity contribution in [2.75, 3.05) is 13.1 Å². The van der Waals surface area contributed by atoms with E-state index >= 15 is 0 Å². The lowest BCUT2D eigenvalue weighted by atomic mass is 10.2. The molecule has 0 aromatic heterocycles. The number of nitrogens with two attached hydrogens (primary N) is 1. The molecular formula is C13H29N3. The molecule has 0 aromatic carbocycles. The summed E-state index contributed by atoms with van der Waals surface area (Å²) in [6.07, 6.45) is 3.49. The molecule has 0 aliphatic heterocycles. The SMILES string of the molecule is CCCCN(C(N)=NCC(C)C)C(C)CC. The molecular weight excluding hydrogens is 198 g/mol. The number of nitrogens with zero attached hydrogens (tertiary/aromatic N) is 2. The second kappa shape index (κ2) is 8.43. The van der Waals surface area contributed by atoms with E-state index in [0.717, 1.165) is 25.5 Å². The topological polar surface area (TPSA) is 41.6 Å². The number of rotatable bonds is 7. The largest absolute Gasteiger partial charge is 0.370 e. The molecule has 0 aliphatic rings. The molecule has 16 heavy (non-hydrogen) atoms. The van der Waals surface area contributed by atoms with Gasteiger partial charge in [0.1, 0.15) is 0 Å². The van der Waals surface area contributed by atoms with E-state index in [1.165, 1.54) is 12.8 Å². The van der Waals surface area contributed by atoms with Crippen LogP contribution in [-0.4, -0.2) is 30.0 Å². The van der Waals surface area contributed by atoms with Gasteiger partial charge in [-0.1, -0.05) is 34.1 Å². The first-order chi connectivity index (χ1) is 7.52. The summed E-state index contributed by atoms with van der Waals surface area (Å²) in [6, 6.07) is 0.488. The predicted molar refractivity (Wildman–Crippen MR) is 72.7 cm³/mol. The first-order valence-corrected chi connectivity index (χ1v) is 6.59. The molecule has 0 bridgehead atoms. The first kappa shape index (κ1) is 15.3. The van der Waals surface area contributed by atoms with E-state index in [0.29, 0.717) is 12.0 Å². The van der Waals surface area contributed by atoms with Crippen molar-refractivity contribution in [1.29, 1.82) is 0 Å². The Bertz CT molecular complexity index is 199. The molecule has 0 amide bonds. The first-order valence-electron chi connectivity index (χ1n) is 6.59. The fraction of sp³-hybridized carbons (Fsp3) is 0.923. The Hall–Kier alpha value is -0.730. The zero-order chi connectivity index (χ0) is 12.6. The molecule has 0 heterocycles. The fourth-order valence-corrected chi connectivity index (χ4v) is 1.48. The van der Waals surface area contributed by atoms with Gasteiger partial charge in [-0.2, -0.15) is 0 Å². The summed E-state index contributed by atoms with van der Waals surface area (Å²) in [5, 5.41) is 0. The summed E-state index contributed by atoms with van der Waals surface area (Å²) >= 11 is 0. The third-order valence-corrected chi connectivity index (χ3v) is 2.79. The average Bonchev–Trinajstić information content (AvgIpc) is 2.26. The summed E-state index contributed by atoms with van der Waals surface area (Å²) < 4.78 is 0. The van der Waals surface area contributed by atoms with Crippen molar-refractivity contribution >= 4 is 5.96 Å². The van der Waals surface area contributed by atoms with Gasteiger partial charge < -0.3 is 10.6 Å². The minimum absolute atomic E-state index is 0.488. The summed E-state index contributed by atoms with van der Waals surface area (Å²) in [6.45, 7) is 12.8. The lowest BCUT2D eigenvalue weighted by Crippen LogP contribution is -2.44. The zero-order valence-electron chi connectivity index (χ0n) is 11.7. The van der Waals surface area contributed by atoms with Crippen molar-refractivity contribution in [1.82, 2.24) is 4.90 Å². The molecule has 96 valence electrons. The zero-order valence-corrected chi connectivity index (χ0v) is 11.7. The molecule has 0 fully saturated rings. The second-order valence-corrected chi connectivity index (χ2v) is 4.90. The van der Waals surface area contributed by atoms with Crippen LogP contribution in [0.4, 0.5) is 0 Å². The van der Waals surface area contributed by atoms with Crippen LogP contribution in [0.5, 0.6) is 0 Å². The van der Waals surface area contributed by atoms with Gasteiger partial charge in [0.15, 0.2) is 5.96 Å². The van der Waals surface area contributed by atoms with Gasteiger partial charge in [-0.15, -0.1) is 0 Å². The molecule has 0 saturated carbocycles. The Balaban J connectivity index is 4.41. The van der Waals surface area contributed by atoms with Crippen molar-refractivity contribution in [2.24, 2.45) is 16.6 Å². The van der Waals surface area contributed by atoms with Crippen LogP contribution in [-0.2, 0) is 0 Å². The van der Waals surface area contributed by atoms with Crippen LogP contribution >= 0.6 is 0 Å². The summed E-state index contributed by atoms with van der Waals surface area (Å²) in [7, 11) is 0. The second-order valence-electron chi connectivity index (χ2n) is 4.90. The van der Waals surface area contributed by atoms with Crippen molar-refractivity contribution in [3.63, 3.8) is 0 Å². The highest BCUT2D eigenvalue weighted by Crippen LogP contribution is 2.06. The van der Waals surface area contributed by atoms with Crippen LogP contribution in [0, 0.1) is 5.92 Å². The molecule has 2 N–H and O–H groups in total. The van der Waals surface area contributed by atoms with E-state index in [-0.39, 0.29) is 0 Å². The monoisotopic (exact) mass is 227 g/mol. The Morgan fingerprint density at radius 3 is 2.31 bits per heavy atom. The minimum Gasteiger partial charge on any atom is -0.370 e. The molecule has 3 heteroatoms. The van der Waals surface area contributed by atoms with Gasteiger partial charge in [0.25, 0.3) is 0 Å². The third kappa shape index (κ3) is 5.99. The summed E-state index contributed by atoms with van der Waals surface area (Å²) in [5.74, 6) is 1.29. The van der Waals surface area contributed by atoms with E-state index in [2.05, 4.69) is 44.5 Å². The maximum absolute atomic E-state index is 6.06. The quantitative estimate of drug-likeness (QED) is 0.537. The van der Waals surface area contributed by atoms with E-state index in [4.69, 9.17) is 5.73 Å². The Labute approximate surface area is 101 Å². The molecule has 0 spiro atoms. The predicted octanol–water partition coefficient (Wildman–Crippen LogP) is 2.86. The van der Waals surface area contributed by atoms with Gasteiger partial charge in [0.2, 0.25) is 0 Å². The lowest BCUT2D eigenvalue weighted by molar-refractivity contribution is 0.312. The van der Waals surface area contributed by atoms with Crippen molar-refractivity contribution in [3.8, 4) is 0 Å².